The molecule has 0 radical (unpaired) electrons. The molecule has 6 heteroatoms. The van der Waals surface area contributed by atoms with E-state index in [9.17, 15) is 9.59 Å². The van der Waals surface area contributed by atoms with Crippen LogP contribution >= 0.6 is 11.6 Å². The average molecular weight is 318 g/mol. The van der Waals surface area contributed by atoms with Gasteiger partial charge in [-0.3, -0.25) is 9.69 Å². The number of fused-ring (bicyclic) bond motifs is 1. The van der Waals surface area contributed by atoms with Gasteiger partial charge in [-0.05, 0) is 30.4 Å². The summed E-state index contributed by atoms with van der Waals surface area (Å²) >= 11 is 6.15. The normalized spacial score (nSPS) is 21.7. The van der Waals surface area contributed by atoms with E-state index in [2.05, 4.69) is 10.3 Å². The van der Waals surface area contributed by atoms with Crippen LogP contribution in [0.3, 0.4) is 0 Å². The molecule has 1 aliphatic heterocycles. The number of halogens is 1. The van der Waals surface area contributed by atoms with Gasteiger partial charge in [0.05, 0.1) is 10.5 Å². The van der Waals surface area contributed by atoms with Gasteiger partial charge in [-0.2, -0.15) is 0 Å². The van der Waals surface area contributed by atoms with Crippen molar-refractivity contribution in [2.75, 3.05) is 6.54 Å². The fraction of sp³-hybridized carbons (Fsp3) is 0.375. The minimum atomic E-state index is -0.482. The van der Waals surface area contributed by atoms with Crippen LogP contribution in [0.15, 0.2) is 24.4 Å². The van der Waals surface area contributed by atoms with Gasteiger partial charge in [-0.25, -0.2) is 4.79 Å². The molecule has 0 bridgehead atoms. The molecular weight excluding hydrogens is 302 g/mol. The summed E-state index contributed by atoms with van der Waals surface area (Å²) in [5, 5.41) is 4.44. The van der Waals surface area contributed by atoms with Crippen molar-refractivity contribution in [3.63, 3.8) is 0 Å². The van der Waals surface area contributed by atoms with Gasteiger partial charge in [-0.1, -0.05) is 23.7 Å². The van der Waals surface area contributed by atoms with E-state index in [1.807, 2.05) is 24.4 Å². The molecular formula is C16H16ClN3O2. The topological polar surface area (TPSA) is 65.2 Å². The molecule has 114 valence electrons. The highest BCUT2D eigenvalue weighted by Crippen LogP contribution is 2.31. The molecule has 1 unspecified atom stereocenters. The smallest absolute Gasteiger partial charge is 0.324 e. The molecule has 2 fully saturated rings. The van der Waals surface area contributed by atoms with E-state index < -0.39 is 6.04 Å². The van der Waals surface area contributed by atoms with Crippen molar-refractivity contribution in [1.82, 2.24) is 15.2 Å². The van der Waals surface area contributed by atoms with E-state index in [0.717, 1.165) is 29.3 Å². The largest absolute Gasteiger partial charge is 0.360 e. The lowest BCUT2D eigenvalue weighted by atomic mass is 10.0. The lowest BCUT2D eigenvalue weighted by Crippen LogP contribution is -2.33. The average Bonchev–Trinajstić information content (AvgIpc) is 3.17. The highest BCUT2D eigenvalue weighted by molar-refractivity contribution is 6.35. The van der Waals surface area contributed by atoms with Crippen molar-refractivity contribution in [2.45, 2.75) is 25.3 Å². The molecule has 1 aliphatic carbocycles. The van der Waals surface area contributed by atoms with Gasteiger partial charge in [0.25, 0.3) is 5.91 Å². The summed E-state index contributed by atoms with van der Waals surface area (Å²) in [5.41, 5.74) is 1.86. The molecule has 3 amide bonds. The van der Waals surface area contributed by atoms with Crippen molar-refractivity contribution in [3.8, 4) is 0 Å². The second-order valence-corrected chi connectivity index (χ2v) is 6.48. The maximum Gasteiger partial charge on any atom is 0.324 e. The van der Waals surface area contributed by atoms with Gasteiger partial charge in [0, 0.05) is 24.5 Å². The Morgan fingerprint density at radius 1 is 1.27 bits per heavy atom. The number of carbonyl (C=O) groups is 2. The predicted molar refractivity (Wildman–Crippen MR) is 83.8 cm³/mol. The fourth-order valence-corrected chi connectivity index (χ4v) is 3.24. The Balaban J connectivity index is 1.56. The third-order valence-corrected chi connectivity index (χ3v) is 4.73. The Kier molecular flexibility index (Phi) is 3.11. The van der Waals surface area contributed by atoms with Crippen molar-refractivity contribution in [1.29, 1.82) is 0 Å². The minimum Gasteiger partial charge on any atom is -0.360 e. The Bertz CT molecular complexity index is 766. The highest BCUT2D eigenvalue weighted by atomic mass is 35.5. The molecule has 4 rings (SSSR count). The van der Waals surface area contributed by atoms with Crippen LogP contribution in [0, 0.1) is 5.92 Å². The van der Waals surface area contributed by atoms with Crippen molar-refractivity contribution < 1.29 is 9.59 Å². The van der Waals surface area contributed by atoms with E-state index in [-0.39, 0.29) is 11.9 Å². The quantitative estimate of drug-likeness (QED) is 0.852. The zero-order valence-corrected chi connectivity index (χ0v) is 12.7. The van der Waals surface area contributed by atoms with E-state index in [1.165, 1.54) is 4.90 Å². The van der Waals surface area contributed by atoms with Gasteiger partial charge in [0.15, 0.2) is 0 Å². The predicted octanol–water partition coefficient (Wildman–Crippen LogP) is 2.69. The monoisotopic (exact) mass is 317 g/mol. The first-order chi connectivity index (χ1) is 10.6. The molecule has 2 aromatic rings. The molecule has 1 saturated heterocycles. The number of hydrogen-bond donors (Lipinski definition) is 2. The molecule has 0 spiro atoms. The van der Waals surface area contributed by atoms with Gasteiger partial charge in [0.1, 0.15) is 6.04 Å². The SMILES string of the molecule is O=C1NC(Cc2c[nH]c3c(Cl)cccc23)C(=O)N1CC1CC1. The number of rotatable bonds is 4. The van der Waals surface area contributed by atoms with Gasteiger partial charge < -0.3 is 10.3 Å². The number of para-hydroxylation sites is 1. The second-order valence-electron chi connectivity index (χ2n) is 6.07. The third kappa shape index (κ3) is 2.25. The third-order valence-electron chi connectivity index (χ3n) is 4.42. The summed E-state index contributed by atoms with van der Waals surface area (Å²) < 4.78 is 0. The first-order valence-corrected chi connectivity index (χ1v) is 7.87. The first-order valence-electron chi connectivity index (χ1n) is 7.50. The number of nitrogens with one attached hydrogen (secondary N) is 2. The molecule has 2 heterocycles. The Morgan fingerprint density at radius 3 is 2.86 bits per heavy atom. The molecule has 2 aliphatic rings. The summed E-state index contributed by atoms with van der Waals surface area (Å²) in [4.78, 5) is 28.9. The van der Waals surface area contributed by atoms with Crippen LogP contribution in [0.25, 0.3) is 10.9 Å². The number of aromatic nitrogens is 1. The van der Waals surface area contributed by atoms with E-state index in [4.69, 9.17) is 11.6 Å². The molecule has 5 nitrogen and oxygen atoms in total. The Labute approximate surface area is 132 Å². The summed E-state index contributed by atoms with van der Waals surface area (Å²) in [6.45, 7) is 0.556. The number of carbonyl (C=O) groups excluding carboxylic acids is 2. The van der Waals surface area contributed by atoms with Gasteiger partial charge in [-0.15, -0.1) is 0 Å². The summed E-state index contributed by atoms with van der Waals surface area (Å²) in [6, 6.07) is 4.93. The highest BCUT2D eigenvalue weighted by Gasteiger charge is 2.40. The molecule has 1 atom stereocenters. The van der Waals surface area contributed by atoms with Crippen molar-refractivity contribution in [2.24, 2.45) is 5.92 Å². The van der Waals surface area contributed by atoms with Crippen LogP contribution in [0.4, 0.5) is 4.79 Å². The summed E-state index contributed by atoms with van der Waals surface area (Å²) in [6.07, 6.45) is 4.57. The number of H-pyrrole nitrogens is 1. The Morgan fingerprint density at radius 2 is 2.09 bits per heavy atom. The maximum atomic E-state index is 12.4. The van der Waals surface area contributed by atoms with E-state index in [0.29, 0.717) is 23.9 Å². The van der Waals surface area contributed by atoms with Crippen LogP contribution in [0.2, 0.25) is 5.02 Å². The standard InChI is InChI=1S/C16H16ClN3O2/c17-12-3-1-2-11-10(7-18-14(11)12)6-13-15(21)20(16(22)19-13)8-9-4-5-9/h1-3,7,9,13,18H,4-6,8H2,(H,19,22). The van der Waals surface area contributed by atoms with Crippen LogP contribution in [-0.2, 0) is 11.2 Å². The van der Waals surface area contributed by atoms with Crippen molar-refractivity contribution >= 4 is 34.4 Å². The number of aromatic amines is 1. The van der Waals surface area contributed by atoms with Crippen molar-refractivity contribution in [3.05, 3.63) is 35.0 Å². The van der Waals surface area contributed by atoms with Gasteiger partial charge in [0.2, 0.25) is 0 Å². The second kappa shape index (κ2) is 5.02. The molecule has 1 saturated carbocycles. The molecule has 1 aromatic carbocycles. The lowest BCUT2D eigenvalue weighted by Gasteiger charge is -2.11. The number of benzene rings is 1. The number of amides is 3. The van der Waals surface area contributed by atoms with E-state index in [1.54, 1.807) is 0 Å². The molecule has 1 aromatic heterocycles. The molecule has 2 N–H and O–H groups in total. The number of urea groups is 1. The first kappa shape index (κ1) is 13.6. The van der Waals surface area contributed by atoms with Gasteiger partial charge >= 0.3 is 6.03 Å². The minimum absolute atomic E-state index is 0.117. The maximum absolute atomic E-state index is 12.4. The zero-order chi connectivity index (χ0) is 15.3. The van der Waals surface area contributed by atoms with E-state index >= 15 is 0 Å². The van der Waals surface area contributed by atoms with Crippen LogP contribution < -0.4 is 5.32 Å². The number of imide groups is 1. The fourth-order valence-electron chi connectivity index (χ4n) is 3.01. The number of hydrogen-bond acceptors (Lipinski definition) is 2. The number of nitrogens with zero attached hydrogens (tertiary/aromatic N) is 1. The lowest BCUT2D eigenvalue weighted by molar-refractivity contribution is -0.127. The summed E-state index contributed by atoms with van der Waals surface area (Å²) in [5.74, 6) is 0.383. The molecule has 22 heavy (non-hydrogen) atoms. The Hall–Kier alpha value is -2.01. The van der Waals surface area contributed by atoms with Crippen LogP contribution in [-0.4, -0.2) is 34.4 Å². The van der Waals surface area contributed by atoms with Crippen LogP contribution in [0.5, 0.6) is 0 Å². The zero-order valence-electron chi connectivity index (χ0n) is 11.9. The summed E-state index contributed by atoms with van der Waals surface area (Å²) in [7, 11) is 0. The van der Waals surface area contributed by atoms with Crippen LogP contribution in [0.1, 0.15) is 18.4 Å².